The Bertz CT molecular complexity index is 1090. The quantitative estimate of drug-likeness (QED) is 0.187. The Morgan fingerprint density at radius 2 is 1.45 bits per heavy atom. The first-order chi connectivity index (χ1) is 15.3. The van der Waals surface area contributed by atoms with Gasteiger partial charge in [0.1, 0.15) is 0 Å². The maximum atomic E-state index is 12.8. The van der Waals surface area contributed by atoms with E-state index >= 15 is 0 Å². The first kappa shape index (κ1) is 21.0. The van der Waals surface area contributed by atoms with E-state index in [1.165, 1.54) is 0 Å². The van der Waals surface area contributed by atoms with Gasteiger partial charge >= 0.3 is 11.3 Å². The maximum absolute atomic E-state index is 12.8. The number of hydrogen-bond acceptors (Lipinski definition) is 4. The van der Waals surface area contributed by atoms with Crippen LogP contribution in [0.1, 0.15) is 25.3 Å². The van der Waals surface area contributed by atoms with Gasteiger partial charge in [-0.05, 0) is 26.8 Å². The van der Waals surface area contributed by atoms with Crippen molar-refractivity contribution < 1.29 is 14.3 Å². The zero-order valence-corrected chi connectivity index (χ0v) is 18.3. The Morgan fingerprint density at radius 3 is 2.00 bits per heavy atom. The van der Waals surface area contributed by atoms with Gasteiger partial charge in [-0.15, -0.1) is 0 Å². The highest BCUT2D eigenvalue weighted by atomic mass is 31.1. The molecule has 0 atom stereocenters. The van der Waals surface area contributed by atoms with Crippen LogP contribution in [0.3, 0.4) is 0 Å². The second-order valence-corrected chi connectivity index (χ2v) is 9.20. The predicted molar refractivity (Wildman–Crippen MR) is 123 cm³/mol. The van der Waals surface area contributed by atoms with Crippen molar-refractivity contribution in [1.82, 2.24) is 5.27 Å². The van der Waals surface area contributed by atoms with Crippen LogP contribution in [-0.4, -0.2) is 11.2 Å². The number of hydrogen-bond donors (Lipinski definition) is 0. The number of nitrogens with zero attached hydrogens (tertiary/aromatic N) is 3. The van der Waals surface area contributed by atoms with E-state index < -0.39 is 7.92 Å². The fourth-order valence-corrected chi connectivity index (χ4v) is 5.68. The minimum Gasteiger partial charge on any atom is -0.858 e. The molecule has 0 aliphatic carbocycles. The fourth-order valence-electron chi connectivity index (χ4n) is 3.30. The van der Waals surface area contributed by atoms with Crippen LogP contribution < -0.4 is 25.8 Å². The highest BCUT2D eigenvalue weighted by Gasteiger charge is 2.34. The monoisotopic (exact) mass is 429 g/mol. The number of rotatable bonds is 8. The molecule has 1 aromatic heterocycles. The normalized spacial score (nSPS) is 11.7. The van der Waals surface area contributed by atoms with Crippen LogP contribution in [-0.2, 0) is 6.54 Å². The smallest absolute Gasteiger partial charge is 0.329 e. The number of unbranched alkanes of at least 4 members (excludes halogenated alkanes) is 1. The molecule has 0 fully saturated rings. The molecule has 31 heavy (non-hydrogen) atoms. The highest BCUT2D eigenvalue weighted by molar-refractivity contribution is 7.79. The molecule has 1 heterocycles. The molecule has 6 heteroatoms. The largest absolute Gasteiger partial charge is 0.858 e. The molecular weight excluding hydrogens is 405 g/mol. The SMILES string of the molecule is CCCC[n+]1noc(/N=C(\[O-])c2ccccc2)c1P(c1ccccc1)c1ccccc1. The van der Waals surface area contributed by atoms with Crippen LogP contribution in [0.25, 0.3) is 0 Å². The molecule has 0 radical (unpaired) electrons. The molecule has 0 aliphatic rings. The molecule has 0 aliphatic heterocycles. The number of aliphatic imine (C=N–C) groups is 1. The van der Waals surface area contributed by atoms with Gasteiger partial charge in [-0.2, -0.15) is 0 Å². The Kier molecular flexibility index (Phi) is 6.85. The first-order valence-electron chi connectivity index (χ1n) is 10.4. The standard InChI is InChI=1S/C25H24N3O2P/c1-2-3-19-28-25(24(30-27-28)26-23(29)20-13-7-4-8-14-20)31(21-15-9-5-10-16-21)22-17-11-6-12-18-22/h4-18H,2-3,19H2,1H3. The van der Waals surface area contributed by atoms with Gasteiger partial charge in [-0.3, -0.25) is 4.52 Å². The van der Waals surface area contributed by atoms with Crippen LogP contribution in [0.5, 0.6) is 0 Å². The average molecular weight is 429 g/mol. The van der Waals surface area contributed by atoms with Gasteiger partial charge in [-0.1, -0.05) is 104 Å². The zero-order chi connectivity index (χ0) is 21.5. The fraction of sp³-hybridized carbons (Fsp3) is 0.160. The minimum absolute atomic E-state index is 0.281. The van der Waals surface area contributed by atoms with E-state index in [2.05, 4.69) is 41.5 Å². The van der Waals surface area contributed by atoms with Gasteiger partial charge in [-0.25, -0.2) is 4.99 Å². The van der Waals surface area contributed by atoms with Crippen molar-refractivity contribution in [2.45, 2.75) is 26.3 Å². The van der Waals surface area contributed by atoms with Crippen LogP contribution >= 0.6 is 7.92 Å². The molecule has 0 amide bonds. The summed E-state index contributed by atoms with van der Waals surface area (Å²) in [5.41, 5.74) is 1.37. The van der Waals surface area contributed by atoms with E-state index in [1.54, 1.807) is 12.1 Å². The van der Waals surface area contributed by atoms with Gasteiger partial charge < -0.3 is 5.11 Å². The molecule has 156 valence electrons. The average Bonchev–Trinajstić information content (AvgIpc) is 3.21. The molecular formula is C25H24N3O2P. The summed E-state index contributed by atoms with van der Waals surface area (Å²) in [4.78, 5) is 4.36. The minimum atomic E-state index is -1.01. The molecule has 3 aromatic carbocycles. The van der Waals surface area contributed by atoms with Crippen molar-refractivity contribution in [3.8, 4) is 0 Å². The Hall–Kier alpha value is -3.30. The predicted octanol–water partition coefficient (Wildman–Crippen LogP) is 2.96. The molecule has 4 aromatic rings. The van der Waals surface area contributed by atoms with Crippen LogP contribution in [0, 0.1) is 0 Å². The van der Waals surface area contributed by atoms with Crippen molar-refractivity contribution in [3.63, 3.8) is 0 Å². The molecule has 0 spiro atoms. The summed E-state index contributed by atoms with van der Waals surface area (Å²) in [5.74, 6) is -0.0551. The lowest BCUT2D eigenvalue weighted by atomic mass is 10.2. The Morgan fingerprint density at radius 1 is 0.903 bits per heavy atom. The van der Waals surface area contributed by atoms with Crippen molar-refractivity contribution in [2.24, 2.45) is 4.99 Å². The van der Waals surface area contributed by atoms with Gasteiger partial charge in [0, 0.05) is 6.42 Å². The second kappa shape index (κ2) is 10.1. The topological polar surface area (TPSA) is 65.3 Å². The number of aromatic nitrogens is 2. The van der Waals surface area contributed by atoms with Gasteiger partial charge in [0.05, 0.1) is 7.92 Å². The molecule has 4 rings (SSSR count). The van der Waals surface area contributed by atoms with Gasteiger partial charge in [0.2, 0.25) is 5.27 Å². The summed E-state index contributed by atoms with van der Waals surface area (Å²) < 4.78 is 7.53. The molecule has 0 bridgehead atoms. The van der Waals surface area contributed by atoms with Gasteiger partial charge in [0.25, 0.3) is 0 Å². The Labute approximate surface area is 183 Å². The third-order valence-corrected chi connectivity index (χ3v) is 7.32. The van der Waals surface area contributed by atoms with Crippen LogP contribution in [0.4, 0.5) is 5.88 Å². The lowest BCUT2D eigenvalue weighted by molar-refractivity contribution is -0.747. The van der Waals surface area contributed by atoms with E-state index in [4.69, 9.17) is 4.52 Å². The third-order valence-electron chi connectivity index (χ3n) is 4.85. The van der Waals surface area contributed by atoms with E-state index in [1.807, 2.05) is 59.3 Å². The molecule has 0 saturated heterocycles. The maximum Gasteiger partial charge on any atom is 0.329 e. The summed E-state index contributed by atoms with van der Waals surface area (Å²) in [6, 6.07) is 29.6. The van der Waals surface area contributed by atoms with E-state index in [0.29, 0.717) is 12.1 Å². The second-order valence-electron chi connectivity index (χ2n) is 7.07. The van der Waals surface area contributed by atoms with Gasteiger partial charge in [0.15, 0.2) is 6.54 Å². The molecule has 5 nitrogen and oxygen atoms in total. The molecule has 0 unspecified atom stereocenters. The van der Waals surface area contributed by atoms with Crippen LogP contribution in [0.2, 0.25) is 0 Å². The highest BCUT2D eigenvalue weighted by Crippen LogP contribution is 2.35. The van der Waals surface area contributed by atoms with E-state index in [-0.39, 0.29) is 11.8 Å². The Balaban J connectivity index is 1.88. The van der Waals surface area contributed by atoms with E-state index in [9.17, 15) is 5.11 Å². The molecule has 0 N–H and O–H groups in total. The number of aryl methyl sites for hydroxylation is 1. The van der Waals surface area contributed by atoms with E-state index in [0.717, 1.165) is 28.9 Å². The van der Waals surface area contributed by atoms with Crippen LogP contribution in [0.15, 0.2) is 101 Å². The van der Waals surface area contributed by atoms with Crippen molar-refractivity contribution in [1.29, 1.82) is 0 Å². The number of benzene rings is 3. The van der Waals surface area contributed by atoms with Crippen molar-refractivity contribution in [2.75, 3.05) is 0 Å². The lowest BCUT2D eigenvalue weighted by Gasteiger charge is -2.15. The summed E-state index contributed by atoms with van der Waals surface area (Å²) >= 11 is 0. The van der Waals surface area contributed by atoms with Crippen molar-refractivity contribution in [3.05, 3.63) is 96.6 Å². The molecule has 0 saturated carbocycles. The zero-order valence-electron chi connectivity index (χ0n) is 17.4. The summed E-state index contributed by atoms with van der Waals surface area (Å²) in [6.45, 7) is 2.85. The van der Waals surface area contributed by atoms with Crippen molar-refractivity contribution >= 4 is 35.7 Å². The first-order valence-corrected chi connectivity index (χ1v) is 11.7. The summed E-state index contributed by atoms with van der Waals surface area (Å²) in [6.07, 6.45) is 1.99. The summed E-state index contributed by atoms with van der Waals surface area (Å²) in [5, 5.41) is 19.4. The summed E-state index contributed by atoms with van der Waals surface area (Å²) in [7, 11) is -1.01. The third kappa shape index (κ3) is 4.89. The lowest BCUT2D eigenvalue weighted by Crippen LogP contribution is -2.50.